The normalized spacial score (nSPS) is 25.8. The van der Waals surface area contributed by atoms with Crippen LogP contribution in [0.25, 0.3) is 0 Å². The summed E-state index contributed by atoms with van der Waals surface area (Å²) >= 11 is 0. The summed E-state index contributed by atoms with van der Waals surface area (Å²) in [6, 6.07) is 0.903. The summed E-state index contributed by atoms with van der Waals surface area (Å²) in [4.78, 5) is 29.8. The number of hydrogen-bond acceptors (Lipinski definition) is 4. The van der Waals surface area contributed by atoms with Crippen LogP contribution in [0.4, 0.5) is 0 Å². The van der Waals surface area contributed by atoms with Crippen molar-refractivity contribution in [2.45, 2.75) is 82.7 Å². The molecule has 6 heteroatoms. The van der Waals surface area contributed by atoms with Gasteiger partial charge in [-0.2, -0.15) is 0 Å². The van der Waals surface area contributed by atoms with Crippen molar-refractivity contribution in [3.63, 3.8) is 0 Å². The Morgan fingerprint density at radius 2 is 1.90 bits per heavy atom. The first-order chi connectivity index (χ1) is 14.7. The average Bonchev–Trinajstić information content (AvgIpc) is 3.63. The Hall–Kier alpha value is -1.40. The van der Waals surface area contributed by atoms with Gasteiger partial charge in [-0.1, -0.05) is 11.6 Å². The molecule has 1 saturated carbocycles. The summed E-state index contributed by atoms with van der Waals surface area (Å²) in [6.45, 7) is 4.97. The second-order valence-electron chi connectivity index (χ2n) is 9.57. The van der Waals surface area contributed by atoms with Gasteiger partial charge in [0.1, 0.15) is 0 Å². The summed E-state index contributed by atoms with van der Waals surface area (Å²) in [5.74, 6) is 0.832. The van der Waals surface area contributed by atoms with Crippen molar-refractivity contribution in [1.82, 2.24) is 15.1 Å². The molecule has 0 aromatic heterocycles. The summed E-state index contributed by atoms with van der Waals surface area (Å²) < 4.78 is 5.60. The number of ether oxygens (including phenoxy) is 1. The van der Waals surface area contributed by atoms with Crippen LogP contribution in [-0.4, -0.2) is 73.1 Å². The lowest BCUT2D eigenvalue weighted by molar-refractivity contribution is -0.135. The van der Waals surface area contributed by atoms with Gasteiger partial charge in [0.15, 0.2) is 0 Å². The fraction of sp³-hybridized carbons (Fsp3) is 0.833. The molecule has 168 valence electrons. The van der Waals surface area contributed by atoms with E-state index in [1.807, 2.05) is 0 Å². The summed E-state index contributed by atoms with van der Waals surface area (Å²) in [5.41, 5.74) is 1.31. The maximum absolute atomic E-state index is 12.6. The number of carbonyl (C=O) groups is 2. The zero-order valence-electron chi connectivity index (χ0n) is 18.4. The maximum atomic E-state index is 12.6. The second kappa shape index (κ2) is 10.8. The van der Waals surface area contributed by atoms with E-state index in [-0.39, 0.29) is 5.91 Å². The van der Waals surface area contributed by atoms with Crippen molar-refractivity contribution in [1.29, 1.82) is 0 Å². The van der Waals surface area contributed by atoms with E-state index in [2.05, 4.69) is 21.2 Å². The molecule has 2 amide bonds. The van der Waals surface area contributed by atoms with Gasteiger partial charge in [0, 0.05) is 63.8 Å². The van der Waals surface area contributed by atoms with E-state index in [9.17, 15) is 9.59 Å². The predicted molar refractivity (Wildman–Crippen MR) is 117 cm³/mol. The molecule has 0 bridgehead atoms. The van der Waals surface area contributed by atoms with Crippen molar-refractivity contribution in [2.24, 2.45) is 5.92 Å². The molecule has 0 aromatic rings. The largest absolute Gasteiger partial charge is 0.381 e. The van der Waals surface area contributed by atoms with E-state index in [4.69, 9.17) is 4.74 Å². The average molecular weight is 418 g/mol. The third kappa shape index (κ3) is 6.07. The molecule has 4 aliphatic rings. The maximum Gasteiger partial charge on any atom is 0.225 e. The van der Waals surface area contributed by atoms with E-state index >= 15 is 0 Å². The lowest BCUT2D eigenvalue weighted by atomic mass is 9.97. The zero-order valence-corrected chi connectivity index (χ0v) is 18.4. The van der Waals surface area contributed by atoms with E-state index in [1.165, 1.54) is 18.4 Å². The molecule has 0 aromatic carbocycles. The molecule has 30 heavy (non-hydrogen) atoms. The van der Waals surface area contributed by atoms with Gasteiger partial charge in [0.25, 0.3) is 0 Å². The van der Waals surface area contributed by atoms with E-state index < -0.39 is 0 Å². The van der Waals surface area contributed by atoms with E-state index in [0.717, 1.165) is 84.2 Å². The highest BCUT2D eigenvalue weighted by Gasteiger charge is 2.37. The predicted octanol–water partition coefficient (Wildman–Crippen LogP) is 2.88. The molecular formula is C24H39N3O3. The van der Waals surface area contributed by atoms with Gasteiger partial charge >= 0.3 is 0 Å². The number of rotatable bonds is 8. The molecule has 1 unspecified atom stereocenters. The van der Waals surface area contributed by atoms with Gasteiger partial charge in [-0.25, -0.2) is 0 Å². The number of nitrogens with zero attached hydrogens (tertiary/aromatic N) is 2. The lowest BCUT2D eigenvalue weighted by Gasteiger charge is -2.44. The van der Waals surface area contributed by atoms with Crippen LogP contribution < -0.4 is 5.32 Å². The molecule has 3 fully saturated rings. The highest BCUT2D eigenvalue weighted by atomic mass is 16.5. The van der Waals surface area contributed by atoms with Crippen LogP contribution >= 0.6 is 0 Å². The molecule has 1 N–H and O–H groups in total. The minimum absolute atomic E-state index is 0.157. The third-order valence-electron chi connectivity index (χ3n) is 7.23. The summed E-state index contributed by atoms with van der Waals surface area (Å²) in [5, 5.41) is 3.17. The third-order valence-corrected chi connectivity index (χ3v) is 7.23. The highest BCUT2D eigenvalue weighted by Crippen LogP contribution is 2.33. The smallest absolute Gasteiger partial charge is 0.225 e. The van der Waals surface area contributed by atoms with Crippen molar-refractivity contribution in [3.8, 4) is 0 Å². The molecular weight excluding hydrogens is 378 g/mol. The van der Waals surface area contributed by atoms with Crippen LogP contribution in [-0.2, 0) is 14.3 Å². The Kier molecular flexibility index (Phi) is 7.83. The number of piperidine rings is 1. The Labute approximate surface area is 181 Å². The van der Waals surface area contributed by atoms with Gasteiger partial charge in [-0.15, -0.1) is 0 Å². The van der Waals surface area contributed by atoms with Crippen molar-refractivity contribution >= 4 is 11.8 Å². The number of allylic oxidation sites excluding steroid dienone is 1. The van der Waals surface area contributed by atoms with Crippen LogP contribution in [0, 0.1) is 5.92 Å². The van der Waals surface area contributed by atoms with Crippen molar-refractivity contribution in [2.75, 3.05) is 39.4 Å². The first-order valence-corrected chi connectivity index (χ1v) is 12.3. The first-order valence-electron chi connectivity index (χ1n) is 12.3. The van der Waals surface area contributed by atoms with E-state index in [0.29, 0.717) is 36.9 Å². The number of hydrogen-bond donors (Lipinski definition) is 1. The topological polar surface area (TPSA) is 61.9 Å². The van der Waals surface area contributed by atoms with Gasteiger partial charge in [0.05, 0.1) is 0 Å². The Morgan fingerprint density at radius 1 is 1.07 bits per heavy atom. The van der Waals surface area contributed by atoms with Crippen molar-refractivity contribution < 1.29 is 14.3 Å². The molecule has 2 saturated heterocycles. The van der Waals surface area contributed by atoms with Crippen LogP contribution in [0.15, 0.2) is 11.6 Å². The monoisotopic (exact) mass is 417 g/mol. The zero-order chi connectivity index (χ0) is 20.8. The molecule has 1 atom stereocenters. The second-order valence-corrected chi connectivity index (χ2v) is 9.57. The van der Waals surface area contributed by atoms with Crippen LogP contribution in [0.3, 0.4) is 0 Å². The van der Waals surface area contributed by atoms with Crippen LogP contribution in [0.2, 0.25) is 0 Å². The van der Waals surface area contributed by atoms with Gasteiger partial charge in [-0.05, 0) is 64.2 Å². The minimum atomic E-state index is 0.157. The molecule has 2 aliphatic heterocycles. The molecule has 6 nitrogen and oxygen atoms in total. The molecule has 0 spiro atoms. The van der Waals surface area contributed by atoms with Crippen LogP contribution in [0.5, 0.6) is 0 Å². The van der Waals surface area contributed by atoms with Gasteiger partial charge in [0.2, 0.25) is 11.8 Å². The Balaban J connectivity index is 1.30. The standard InChI is InChI=1S/C24H39N3O3/c28-23(17-19-5-2-1-3-6-19)25-12-14-27(21-10-15-30-16-11-21)22-7-4-13-26(18-22)24(29)20-8-9-20/h5,20-22H,1-4,6-18H2,(H,25,28). The van der Waals surface area contributed by atoms with Crippen molar-refractivity contribution in [3.05, 3.63) is 11.6 Å². The number of nitrogens with one attached hydrogen (secondary N) is 1. The fourth-order valence-electron chi connectivity index (χ4n) is 5.35. The number of carbonyl (C=O) groups excluding carboxylic acids is 2. The summed E-state index contributed by atoms with van der Waals surface area (Å²) in [6.07, 6.45) is 14.0. The molecule has 2 heterocycles. The fourth-order valence-corrected chi connectivity index (χ4v) is 5.35. The number of amides is 2. The lowest BCUT2D eigenvalue weighted by Crippen LogP contribution is -2.55. The molecule has 0 radical (unpaired) electrons. The summed E-state index contributed by atoms with van der Waals surface area (Å²) in [7, 11) is 0. The quantitative estimate of drug-likeness (QED) is 0.617. The van der Waals surface area contributed by atoms with Crippen LogP contribution in [0.1, 0.15) is 70.6 Å². The molecule has 4 rings (SSSR count). The van der Waals surface area contributed by atoms with Gasteiger partial charge < -0.3 is 15.0 Å². The minimum Gasteiger partial charge on any atom is -0.381 e. The SMILES string of the molecule is O=C(CC1=CCCCC1)NCCN(C1CCOCC1)C1CCCN(C(=O)C2CC2)C1. The van der Waals surface area contributed by atoms with E-state index in [1.54, 1.807) is 0 Å². The highest BCUT2D eigenvalue weighted by molar-refractivity contribution is 5.81. The number of likely N-dealkylation sites (tertiary alicyclic amines) is 1. The Bertz CT molecular complexity index is 625. The Morgan fingerprint density at radius 3 is 2.63 bits per heavy atom. The van der Waals surface area contributed by atoms with Gasteiger partial charge in [-0.3, -0.25) is 14.5 Å². The first kappa shape index (κ1) is 21.8. The molecule has 2 aliphatic carbocycles.